The largest absolute Gasteiger partial charge is 0.355 e. The molecule has 9 heteroatoms. The summed E-state index contributed by atoms with van der Waals surface area (Å²) in [5, 5.41) is 3.09. The third-order valence-electron chi connectivity index (χ3n) is 4.13. The summed E-state index contributed by atoms with van der Waals surface area (Å²) in [6.07, 6.45) is 0.582. The van der Waals surface area contributed by atoms with Crippen LogP contribution < -0.4 is 10.2 Å². The summed E-state index contributed by atoms with van der Waals surface area (Å²) in [7, 11) is -1.15. The second-order valence-electron chi connectivity index (χ2n) is 6.08. The maximum Gasteiger partial charge on any atom is 0.152 e. The van der Waals surface area contributed by atoms with E-state index < -0.39 is 15.7 Å². The number of sulfone groups is 1. The number of rotatable bonds is 4. The van der Waals surface area contributed by atoms with Gasteiger partial charge in [-0.2, -0.15) is 0 Å². The first-order valence-corrected chi connectivity index (χ1v) is 9.94. The Morgan fingerprint density at radius 3 is 2.72 bits per heavy atom. The normalized spacial score (nSPS) is 19.0. The number of anilines is 3. The van der Waals surface area contributed by atoms with Crippen LogP contribution in [0.15, 0.2) is 24.3 Å². The van der Waals surface area contributed by atoms with Crippen molar-refractivity contribution in [3.63, 3.8) is 0 Å². The Labute approximate surface area is 151 Å². The van der Waals surface area contributed by atoms with E-state index in [4.69, 9.17) is 11.6 Å². The fraction of sp³-hybridized carbons (Fsp3) is 0.375. The quantitative estimate of drug-likeness (QED) is 0.873. The van der Waals surface area contributed by atoms with Crippen LogP contribution in [0, 0.1) is 12.7 Å². The van der Waals surface area contributed by atoms with Crippen LogP contribution >= 0.6 is 11.6 Å². The van der Waals surface area contributed by atoms with Crippen molar-refractivity contribution in [2.75, 3.05) is 28.8 Å². The molecule has 1 unspecified atom stereocenters. The van der Waals surface area contributed by atoms with E-state index in [2.05, 4.69) is 15.3 Å². The average molecular weight is 385 g/mol. The molecule has 1 aliphatic rings. The molecule has 2 aromatic rings. The predicted octanol–water partition coefficient (Wildman–Crippen LogP) is 2.94. The van der Waals surface area contributed by atoms with Gasteiger partial charge in [0.15, 0.2) is 9.84 Å². The lowest BCUT2D eigenvalue weighted by molar-refractivity contribution is 0.600. The SMILES string of the molecule is Cc1nc(Nc2ccc(F)c(Cl)c2)cc(N(C)C2CCS(=O)(=O)C2)n1. The first kappa shape index (κ1) is 17.9. The molecule has 134 valence electrons. The molecule has 1 fully saturated rings. The monoisotopic (exact) mass is 384 g/mol. The molecule has 1 N–H and O–H groups in total. The molecule has 0 bridgehead atoms. The van der Waals surface area contributed by atoms with E-state index in [0.717, 1.165) is 0 Å². The van der Waals surface area contributed by atoms with Gasteiger partial charge >= 0.3 is 0 Å². The topological polar surface area (TPSA) is 75.2 Å². The lowest BCUT2D eigenvalue weighted by atomic mass is 10.2. The number of aromatic nitrogens is 2. The molecule has 0 radical (unpaired) electrons. The molecule has 25 heavy (non-hydrogen) atoms. The zero-order valence-electron chi connectivity index (χ0n) is 13.8. The molecule has 6 nitrogen and oxygen atoms in total. The minimum atomic E-state index is -2.98. The van der Waals surface area contributed by atoms with Crippen molar-refractivity contribution < 1.29 is 12.8 Å². The van der Waals surface area contributed by atoms with Crippen LogP contribution in [-0.2, 0) is 9.84 Å². The number of nitrogens with one attached hydrogen (secondary N) is 1. The Bertz CT molecular complexity index is 907. The van der Waals surface area contributed by atoms with E-state index in [9.17, 15) is 12.8 Å². The first-order chi connectivity index (χ1) is 11.7. The van der Waals surface area contributed by atoms with Gasteiger partial charge in [0.1, 0.15) is 23.3 Å². The molecular weight excluding hydrogens is 367 g/mol. The Hall–Kier alpha value is -1.93. The molecular formula is C16H18ClFN4O2S. The van der Waals surface area contributed by atoms with Gasteiger partial charge < -0.3 is 10.2 Å². The molecule has 0 saturated carbocycles. The van der Waals surface area contributed by atoms with Crippen LogP contribution in [-0.4, -0.2) is 43.0 Å². The molecule has 1 aliphatic heterocycles. The summed E-state index contributed by atoms with van der Waals surface area (Å²) in [5.41, 5.74) is 0.599. The summed E-state index contributed by atoms with van der Waals surface area (Å²) in [4.78, 5) is 10.6. The highest BCUT2D eigenvalue weighted by atomic mass is 35.5. The van der Waals surface area contributed by atoms with Gasteiger partial charge in [-0.15, -0.1) is 0 Å². The van der Waals surface area contributed by atoms with Crippen molar-refractivity contribution in [2.45, 2.75) is 19.4 Å². The summed E-state index contributed by atoms with van der Waals surface area (Å²) < 4.78 is 36.7. The maximum atomic E-state index is 13.3. The molecule has 0 spiro atoms. The van der Waals surface area contributed by atoms with E-state index in [1.165, 1.54) is 12.1 Å². The summed E-state index contributed by atoms with van der Waals surface area (Å²) in [6, 6.07) is 5.93. The second kappa shape index (κ2) is 6.76. The van der Waals surface area contributed by atoms with E-state index in [1.54, 1.807) is 19.1 Å². The molecule has 2 heterocycles. The molecule has 3 rings (SSSR count). The van der Waals surface area contributed by atoms with E-state index in [-0.39, 0.29) is 22.6 Å². The Balaban J connectivity index is 1.84. The van der Waals surface area contributed by atoms with Crippen molar-refractivity contribution in [3.05, 3.63) is 40.9 Å². The zero-order valence-corrected chi connectivity index (χ0v) is 15.4. The minimum absolute atomic E-state index is 0.0179. The standard InChI is InChI=1S/C16H18ClFN4O2S/c1-10-19-15(21-11-3-4-14(18)13(17)7-11)8-16(20-10)22(2)12-5-6-25(23,24)9-12/h3-4,7-8,12H,5-6,9H2,1-2H3,(H,19,20,21). The Kier molecular flexibility index (Phi) is 4.83. The fourth-order valence-corrected chi connectivity index (χ4v) is 4.74. The summed E-state index contributed by atoms with van der Waals surface area (Å²) in [6.45, 7) is 1.76. The Morgan fingerprint density at radius 1 is 1.32 bits per heavy atom. The highest BCUT2D eigenvalue weighted by Crippen LogP contribution is 2.26. The van der Waals surface area contributed by atoms with Crippen LogP contribution in [0.2, 0.25) is 5.02 Å². The minimum Gasteiger partial charge on any atom is -0.355 e. The zero-order chi connectivity index (χ0) is 18.2. The van der Waals surface area contributed by atoms with Crippen molar-refractivity contribution in [3.8, 4) is 0 Å². The lowest BCUT2D eigenvalue weighted by Crippen LogP contribution is -2.33. The third-order valence-corrected chi connectivity index (χ3v) is 6.17. The van der Waals surface area contributed by atoms with Crippen molar-refractivity contribution in [2.24, 2.45) is 0 Å². The van der Waals surface area contributed by atoms with Gasteiger partial charge in [-0.25, -0.2) is 22.8 Å². The van der Waals surface area contributed by atoms with Gasteiger partial charge in [0.25, 0.3) is 0 Å². The fourth-order valence-electron chi connectivity index (χ4n) is 2.79. The van der Waals surface area contributed by atoms with Crippen molar-refractivity contribution in [1.29, 1.82) is 0 Å². The summed E-state index contributed by atoms with van der Waals surface area (Å²) in [5.74, 6) is 1.53. The van der Waals surface area contributed by atoms with Gasteiger partial charge in [-0.3, -0.25) is 0 Å². The number of hydrogen-bond acceptors (Lipinski definition) is 6. The molecule has 0 aliphatic carbocycles. The average Bonchev–Trinajstić information content (AvgIpc) is 2.90. The van der Waals surface area contributed by atoms with Crippen LogP contribution in [0.5, 0.6) is 0 Å². The van der Waals surface area contributed by atoms with Crippen molar-refractivity contribution in [1.82, 2.24) is 9.97 Å². The molecule has 1 saturated heterocycles. The third kappa shape index (κ3) is 4.19. The van der Waals surface area contributed by atoms with Gasteiger partial charge in [-0.05, 0) is 31.5 Å². The van der Waals surface area contributed by atoms with Crippen LogP contribution in [0.4, 0.5) is 21.7 Å². The highest BCUT2D eigenvalue weighted by molar-refractivity contribution is 7.91. The highest BCUT2D eigenvalue weighted by Gasteiger charge is 2.31. The first-order valence-electron chi connectivity index (χ1n) is 7.74. The van der Waals surface area contributed by atoms with Gasteiger partial charge in [-0.1, -0.05) is 11.6 Å². The predicted molar refractivity (Wildman–Crippen MR) is 96.9 cm³/mol. The number of nitrogens with zero attached hydrogens (tertiary/aromatic N) is 3. The number of aryl methyl sites for hydroxylation is 1. The van der Waals surface area contributed by atoms with Crippen molar-refractivity contribution >= 4 is 38.8 Å². The van der Waals surface area contributed by atoms with Crippen LogP contribution in [0.25, 0.3) is 0 Å². The lowest BCUT2D eigenvalue weighted by Gasteiger charge is -2.25. The second-order valence-corrected chi connectivity index (χ2v) is 8.72. The number of halogens is 2. The maximum absolute atomic E-state index is 13.3. The van der Waals surface area contributed by atoms with Gasteiger partial charge in [0.2, 0.25) is 0 Å². The summed E-state index contributed by atoms with van der Waals surface area (Å²) >= 11 is 5.79. The molecule has 1 atom stereocenters. The van der Waals surface area contributed by atoms with E-state index in [0.29, 0.717) is 29.6 Å². The van der Waals surface area contributed by atoms with Gasteiger partial charge in [0, 0.05) is 24.8 Å². The molecule has 0 amide bonds. The number of hydrogen-bond donors (Lipinski definition) is 1. The molecule has 1 aromatic heterocycles. The number of benzene rings is 1. The van der Waals surface area contributed by atoms with Gasteiger partial charge in [0.05, 0.1) is 16.5 Å². The van der Waals surface area contributed by atoms with E-state index >= 15 is 0 Å². The smallest absolute Gasteiger partial charge is 0.152 e. The van der Waals surface area contributed by atoms with E-state index in [1.807, 2.05) is 11.9 Å². The molecule has 1 aromatic carbocycles. The van der Waals surface area contributed by atoms with Crippen LogP contribution in [0.1, 0.15) is 12.2 Å². The Morgan fingerprint density at radius 2 is 2.08 bits per heavy atom. The van der Waals surface area contributed by atoms with Crippen LogP contribution in [0.3, 0.4) is 0 Å².